The molecule has 94 valence electrons. The molecule has 0 spiro atoms. The normalized spacial score (nSPS) is 21.4. The predicted octanol–water partition coefficient (Wildman–Crippen LogP) is -1.97. The van der Waals surface area contributed by atoms with Gasteiger partial charge in [-0.05, 0) is 19.3 Å². The Bertz CT molecular complexity index is 416. The third kappa shape index (κ3) is 2.36. The van der Waals surface area contributed by atoms with E-state index in [1.807, 2.05) is 7.05 Å². The van der Waals surface area contributed by atoms with Crippen LogP contribution in [0.1, 0.15) is 11.9 Å². The van der Waals surface area contributed by atoms with Gasteiger partial charge in [0, 0.05) is 19.6 Å². The van der Waals surface area contributed by atoms with Crippen molar-refractivity contribution in [2.24, 2.45) is 5.84 Å². The summed E-state index contributed by atoms with van der Waals surface area (Å²) in [4.78, 5) is 6.39. The van der Waals surface area contributed by atoms with E-state index >= 15 is 0 Å². The van der Waals surface area contributed by atoms with Gasteiger partial charge in [-0.15, -0.1) is 5.10 Å². The summed E-state index contributed by atoms with van der Waals surface area (Å²) in [6.45, 7) is 2.70. The highest BCUT2D eigenvalue weighted by Crippen LogP contribution is 2.17. The summed E-state index contributed by atoms with van der Waals surface area (Å²) in [5.41, 5.74) is 8.07. The fourth-order valence-electron chi connectivity index (χ4n) is 1.79. The highest BCUT2D eigenvalue weighted by atomic mass is 32.1. The molecule has 2 heterocycles. The number of piperazine rings is 1. The average molecular weight is 256 g/mol. The third-order valence-corrected chi connectivity index (χ3v) is 3.06. The van der Waals surface area contributed by atoms with E-state index in [9.17, 15) is 0 Å². The van der Waals surface area contributed by atoms with E-state index in [4.69, 9.17) is 23.8 Å². The summed E-state index contributed by atoms with van der Waals surface area (Å²) in [5, 5.41) is 7.79. The Balaban J connectivity index is 2.24. The zero-order valence-electron chi connectivity index (χ0n) is 9.55. The third-order valence-electron chi connectivity index (χ3n) is 2.77. The Kier molecular flexibility index (Phi) is 3.52. The van der Waals surface area contributed by atoms with Crippen molar-refractivity contribution >= 4 is 23.3 Å². The van der Waals surface area contributed by atoms with Crippen LogP contribution in [0.3, 0.4) is 0 Å². The zero-order chi connectivity index (χ0) is 12.4. The molecular formula is C8H16N8S. The monoisotopic (exact) mass is 256 g/mol. The van der Waals surface area contributed by atoms with Gasteiger partial charge in [-0.1, -0.05) is 0 Å². The number of hydrogen-bond acceptors (Lipinski definition) is 7. The van der Waals surface area contributed by atoms with E-state index in [-0.39, 0.29) is 17.1 Å². The summed E-state index contributed by atoms with van der Waals surface area (Å²) in [6.07, 6.45) is 0. The van der Waals surface area contributed by atoms with E-state index in [1.165, 1.54) is 4.68 Å². The lowest BCUT2D eigenvalue weighted by molar-refractivity contribution is 0.194. The van der Waals surface area contributed by atoms with Gasteiger partial charge in [0.2, 0.25) is 11.1 Å². The van der Waals surface area contributed by atoms with Gasteiger partial charge >= 0.3 is 0 Å². The Labute approximate surface area is 104 Å². The summed E-state index contributed by atoms with van der Waals surface area (Å²) in [5.74, 6) is 6.12. The van der Waals surface area contributed by atoms with Crippen molar-refractivity contribution in [2.45, 2.75) is 6.04 Å². The number of hydrazine groups is 1. The molecule has 1 saturated heterocycles. The van der Waals surface area contributed by atoms with Crippen LogP contribution in [0.2, 0.25) is 0 Å². The molecule has 9 heteroatoms. The number of nitrogens with two attached hydrogens (primary N) is 2. The molecule has 0 amide bonds. The van der Waals surface area contributed by atoms with Gasteiger partial charge < -0.3 is 11.1 Å². The largest absolute Gasteiger partial charge is 0.368 e. The van der Waals surface area contributed by atoms with Crippen LogP contribution < -0.4 is 22.3 Å². The minimum atomic E-state index is 0.105. The molecule has 1 unspecified atom stereocenters. The Morgan fingerprint density at radius 1 is 1.65 bits per heavy atom. The van der Waals surface area contributed by atoms with Gasteiger partial charge in [0.25, 0.3) is 0 Å². The second-order valence-electron chi connectivity index (χ2n) is 3.89. The number of hydrogen-bond donors (Lipinski definition) is 4. The van der Waals surface area contributed by atoms with Crippen molar-refractivity contribution in [1.29, 1.82) is 0 Å². The quantitative estimate of drug-likeness (QED) is 0.260. The zero-order valence-corrected chi connectivity index (χ0v) is 10.4. The summed E-state index contributed by atoms with van der Waals surface area (Å²) < 4.78 is 1.33. The summed E-state index contributed by atoms with van der Waals surface area (Å²) in [7, 11) is 2.03. The van der Waals surface area contributed by atoms with E-state index in [0.717, 1.165) is 19.6 Å². The molecule has 1 atom stereocenters. The molecule has 0 saturated carbocycles. The number of aromatic nitrogens is 3. The highest BCUT2D eigenvalue weighted by Gasteiger charge is 2.25. The summed E-state index contributed by atoms with van der Waals surface area (Å²) >= 11 is 4.97. The number of nitrogens with one attached hydrogen (secondary N) is 2. The standard InChI is InChI=1S/C8H16N8S/c1-15-3-2-11-4-5(15)6-12-7(9)16(14-6)8(17)13-10/h5,11H,2-4,10H2,1H3,(H,13,17)(H2,9,12,14). The van der Waals surface area contributed by atoms with Crippen LogP contribution in [0.25, 0.3) is 0 Å². The van der Waals surface area contributed by atoms with Crippen molar-refractivity contribution in [1.82, 2.24) is 30.4 Å². The minimum Gasteiger partial charge on any atom is -0.368 e. The Morgan fingerprint density at radius 3 is 3.06 bits per heavy atom. The van der Waals surface area contributed by atoms with Gasteiger partial charge in [-0.2, -0.15) is 9.67 Å². The van der Waals surface area contributed by atoms with E-state index in [2.05, 4.69) is 25.7 Å². The predicted molar refractivity (Wildman–Crippen MR) is 68.0 cm³/mol. The molecule has 0 aromatic carbocycles. The second kappa shape index (κ2) is 4.92. The smallest absolute Gasteiger partial charge is 0.225 e. The molecule has 1 aromatic rings. The van der Waals surface area contributed by atoms with Crippen LogP contribution in [-0.2, 0) is 0 Å². The molecule has 0 bridgehead atoms. The molecule has 0 radical (unpaired) electrons. The molecule has 1 aliphatic heterocycles. The van der Waals surface area contributed by atoms with Crippen LogP contribution in [0, 0.1) is 0 Å². The van der Waals surface area contributed by atoms with Crippen LogP contribution in [-0.4, -0.2) is 51.5 Å². The number of thiocarbonyl (C=S) groups is 1. The Hall–Kier alpha value is -1.29. The van der Waals surface area contributed by atoms with Crippen LogP contribution in [0.15, 0.2) is 0 Å². The number of anilines is 1. The maximum Gasteiger partial charge on any atom is 0.225 e. The number of nitrogens with zero attached hydrogens (tertiary/aromatic N) is 4. The fourth-order valence-corrected chi connectivity index (χ4v) is 1.92. The first-order valence-corrected chi connectivity index (χ1v) is 5.68. The summed E-state index contributed by atoms with van der Waals surface area (Å²) in [6, 6.07) is 0.105. The van der Waals surface area contributed by atoms with E-state index < -0.39 is 0 Å². The maximum absolute atomic E-state index is 5.74. The van der Waals surface area contributed by atoms with Crippen LogP contribution in [0.4, 0.5) is 5.95 Å². The molecule has 17 heavy (non-hydrogen) atoms. The van der Waals surface area contributed by atoms with Crippen molar-refractivity contribution in [3.63, 3.8) is 0 Å². The number of rotatable bonds is 1. The first-order chi connectivity index (χ1) is 8.13. The lowest BCUT2D eigenvalue weighted by Crippen LogP contribution is -2.44. The second-order valence-corrected chi connectivity index (χ2v) is 4.28. The molecule has 8 nitrogen and oxygen atoms in total. The topological polar surface area (TPSA) is 110 Å². The van der Waals surface area contributed by atoms with Gasteiger partial charge in [0.15, 0.2) is 5.82 Å². The fraction of sp³-hybridized carbons (Fsp3) is 0.625. The SMILES string of the molecule is CN1CCNCC1c1nc(N)n(C(=S)NN)n1. The molecule has 6 N–H and O–H groups in total. The number of likely N-dealkylation sites (N-methyl/N-ethyl adjacent to an activating group) is 1. The van der Waals surface area contributed by atoms with Crippen LogP contribution in [0.5, 0.6) is 0 Å². The van der Waals surface area contributed by atoms with E-state index in [0.29, 0.717) is 5.82 Å². The van der Waals surface area contributed by atoms with Gasteiger partial charge in [-0.3, -0.25) is 10.3 Å². The van der Waals surface area contributed by atoms with Gasteiger partial charge in [0.1, 0.15) is 0 Å². The van der Waals surface area contributed by atoms with Crippen molar-refractivity contribution in [3.8, 4) is 0 Å². The van der Waals surface area contributed by atoms with Crippen molar-refractivity contribution in [3.05, 3.63) is 5.82 Å². The first-order valence-electron chi connectivity index (χ1n) is 5.28. The van der Waals surface area contributed by atoms with Crippen LogP contribution >= 0.6 is 12.2 Å². The molecular weight excluding hydrogens is 240 g/mol. The van der Waals surface area contributed by atoms with Gasteiger partial charge in [0.05, 0.1) is 6.04 Å². The maximum atomic E-state index is 5.74. The average Bonchev–Trinajstić information content (AvgIpc) is 2.71. The minimum absolute atomic E-state index is 0.105. The molecule has 1 aliphatic rings. The molecule has 0 aliphatic carbocycles. The van der Waals surface area contributed by atoms with Crippen molar-refractivity contribution < 1.29 is 0 Å². The lowest BCUT2D eigenvalue weighted by atomic mass is 10.2. The molecule has 1 aromatic heterocycles. The van der Waals surface area contributed by atoms with Crippen molar-refractivity contribution in [2.75, 3.05) is 32.4 Å². The lowest BCUT2D eigenvalue weighted by Gasteiger charge is -2.30. The van der Waals surface area contributed by atoms with E-state index in [1.54, 1.807) is 0 Å². The number of nitrogen functional groups attached to an aromatic ring is 1. The first kappa shape index (κ1) is 12.2. The highest BCUT2D eigenvalue weighted by molar-refractivity contribution is 7.80. The molecule has 1 fully saturated rings. The molecule has 2 rings (SSSR count). The Morgan fingerprint density at radius 2 is 2.41 bits per heavy atom. The van der Waals surface area contributed by atoms with Gasteiger partial charge in [-0.25, -0.2) is 5.84 Å².